The molecule has 0 spiro atoms. The highest BCUT2D eigenvalue weighted by Gasteiger charge is 2.26. The van der Waals surface area contributed by atoms with Gasteiger partial charge >= 0.3 is 6.18 Å². The lowest BCUT2D eigenvalue weighted by Crippen LogP contribution is -2.41. The van der Waals surface area contributed by atoms with Gasteiger partial charge in [0, 0.05) is 0 Å². The second-order valence-electron chi connectivity index (χ2n) is 2.65. The van der Waals surface area contributed by atoms with Crippen LogP contribution in [0.2, 0.25) is 0 Å². The van der Waals surface area contributed by atoms with E-state index in [0.29, 0.717) is 0 Å². The summed E-state index contributed by atoms with van der Waals surface area (Å²) in [6.07, 6.45) is -4.43. The van der Waals surface area contributed by atoms with Crippen molar-refractivity contribution in [2.45, 2.75) is 13.1 Å². The van der Waals surface area contributed by atoms with Crippen molar-refractivity contribution in [1.82, 2.24) is 10.0 Å². The molecule has 15 heavy (non-hydrogen) atoms. The zero-order valence-corrected chi connectivity index (χ0v) is 8.70. The first-order valence-electron chi connectivity index (χ1n) is 3.97. The maximum atomic E-state index is 11.6. The lowest BCUT2D eigenvalue weighted by Gasteiger charge is -2.08. The zero-order chi connectivity index (χ0) is 12.1. The summed E-state index contributed by atoms with van der Waals surface area (Å²) < 4.78 is 58.0. The molecule has 0 bridgehead atoms. The normalized spacial score (nSPS) is 12.5. The lowest BCUT2D eigenvalue weighted by molar-refractivity contribution is -0.127. The summed E-state index contributed by atoms with van der Waals surface area (Å²) in [7, 11) is -3.71. The average molecular weight is 248 g/mol. The fraction of sp³-hybridized carbons (Fsp3) is 0.833. The van der Waals surface area contributed by atoms with Crippen LogP contribution in [0.1, 0.15) is 6.92 Å². The van der Waals surface area contributed by atoms with Crippen molar-refractivity contribution >= 4 is 15.9 Å². The van der Waals surface area contributed by atoms with Crippen molar-refractivity contribution in [3.05, 3.63) is 0 Å². The summed E-state index contributed by atoms with van der Waals surface area (Å²) in [6.45, 7) is -0.732. The molecule has 0 radical (unpaired) electrons. The molecule has 1 amide bonds. The van der Waals surface area contributed by atoms with Gasteiger partial charge in [-0.1, -0.05) is 0 Å². The van der Waals surface area contributed by atoms with Gasteiger partial charge in [-0.25, -0.2) is 8.42 Å². The second-order valence-corrected chi connectivity index (χ2v) is 4.66. The van der Waals surface area contributed by atoms with Crippen LogP contribution in [0.4, 0.5) is 13.2 Å². The van der Waals surface area contributed by atoms with Crippen molar-refractivity contribution in [3.63, 3.8) is 0 Å². The minimum Gasteiger partial charge on any atom is -0.300 e. The van der Waals surface area contributed by atoms with Crippen molar-refractivity contribution in [2.24, 2.45) is 0 Å². The Morgan fingerprint density at radius 3 is 2.27 bits per heavy atom. The molecule has 0 rings (SSSR count). The Morgan fingerprint density at radius 2 is 1.87 bits per heavy atom. The molecular formula is C6H11F3N2O3S. The van der Waals surface area contributed by atoms with Gasteiger partial charge in [0.1, 0.15) is 0 Å². The topological polar surface area (TPSA) is 75.3 Å². The highest BCUT2D eigenvalue weighted by molar-refractivity contribution is 7.90. The Morgan fingerprint density at radius 1 is 1.33 bits per heavy atom. The Bertz CT molecular complexity index is 312. The number of hydrogen-bond acceptors (Lipinski definition) is 4. The SMILES string of the molecule is CCS(=O)(=O)NC(=O)CNCC(F)(F)F. The van der Waals surface area contributed by atoms with Crippen molar-refractivity contribution in [2.75, 3.05) is 18.8 Å². The van der Waals surface area contributed by atoms with Crippen LogP contribution >= 0.6 is 0 Å². The maximum absolute atomic E-state index is 11.6. The van der Waals surface area contributed by atoms with E-state index in [2.05, 4.69) is 0 Å². The molecule has 0 heterocycles. The van der Waals surface area contributed by atoms with E-state index in [9.17, 15) is 26.4 Å². The quantitative estimate of drug-likeness (QED) is 0.694. The van der Waals surface area contributed by atoms with Crippen LogP contribution in [-0.4, -0.2) is 39.3 Å². The first-order valence-corrected chi connectivity index (χ1v) is 5.62. The third-order valence-electron chi connectivity index (χ3n) is 1.26. The molecule has 0 unspecified atom stereocenters. The molecule has 90 valence electrons. The number of carbonyl (C=O) groups is 1. The van der Waals surface area contributed by atoms with E-state index in [0.717, 1.165) is 0 Å². The molecule has 5 nitrogen and oxygen atoms in total. The fourth-order valence-corrected chi connectivity index (χ4v) is 1.16. The summed E-state index contributed by atoms with van der Waals surface area (Å²) in [5, 5.41) is 1.77. The highest BCUT2D eigenvalue weighted by atomic mass is 32.2. The molecule has 0 saturated carbocycles. The summed E-state index contributed by atoms with van der Waals surface area (Å²) in [6, 6.07) is 0. The number of nitrogens with one attached hydrogen (secondary N) is 2. The van der Waals surface area contributed by atoms with Crippen molar-refractivity contribution < 1.29 is 26.4 Å². The Hall–Kier alpha value is -0.830. The van der Waals surface area contributed by atoms with Gasteiger partial charge < -0.3 is 5.32 Å². The summed E-state index contributed by atoms with van der Waals surface area (Å²) >= 11 is 0. The average Bonchev–Trinajstić information content (AvgIpc) is 2.00. The molecule has 0 aromatic rings. The van der Waals surface area contributed by atoms with E-state index in [1.165, 1.54) is 6.92 Å². The van der Waals surface area contributed by atoms with Gasteiger partial charge in [-0.3, -0.25) is 9.52 Å². The standard InChI is InChI=1S/C6H11F3N2O3S/c1-2-15(13,14)11-5(12)3-10-4-6(7,8)9/h10H,2-4H2,1H3,(H,11,12). The van der Waals surface area contributed by atoms with Gasteiger partial charge in [0.05, 0.1) is 18.8 Å². The monoisotopic (exact) mass is 248 g/mol. The van der Waals surface area contributed by atoms with Crippen LogP contribution in [0, 0.1) is 0 Å². The van der Waals surface area contributed by atoms with Crippen LogP contribution in [0.15, 0.2) is 0 Å². The van der Waals surface area contributed by atoms with E-state index in [1.807, 2.05) is 0 Å². The number of alkyl halides is 3. The predicted octanol–water partition coefficient (Wildman–Crippen LogP) is -0.396. The molecular weight excluding hydrogens is 237 g/mol. The van der Waals surface area contributed by atoms with E-state index >= 15 is 0 Å². The zero-order valence-electron chi connectivity index (χ0n) is 7.89. The van der Waals surface area contributed by atoms with Gasteiger partial charge in [-0.05, 0) is 6.92 Å². The predicted molar refractivity (Wildman–Crippen MR) is 46.5 cm³/mol. The number of hydrogen-bond donors (Lipinski definition) is 2. The summed E-state index contributed by atoms with van der Waals surface area (Å²) in [4.78, 5) is 10.8. The molecule has 0 fully saturated rings. The molecule has 0 aliphatic heterocycles. The molecule has 0 aromatic heterocycles. The summed E-state index contributed by atoms with van der Waals surface area (Å²) in [5.74, 6) is -1.32. The van der Waals surface area contributed by atoms with Gasteiger partial charge in [0.2, 0.25) is 15.9 Å². The third kappa shape index (κ3) is 8.18. The van der Waals surface area contributed by atoms with Crippen LogP contribution < -0.4 is 10.0 Å². The summed E-state index contributed by atoms with van der Waals surface area (Å²) in [5.41, 5.74) is 0. The smallest absolute Gasteiger partial charge is 0.300 e. The Kier molecular flexibility index (Phi) is 5.01. The molecule has 0 aromatic carbocycles. The second kappa shape index (κ2) is 5.31. The van der Waals surface area contributed by atoms with Gasteiger partial charge in [0.25, 0.3) is 0 Å². The van der Waals surface area contributed by atoms with Gasteiger partial charge in [-0.2, -0.15) is 13.2 Å². The van der Waals surface area contributed by atoms with Crippen LogP contribution in [0.3, 0.4) is 0 Å². The molecule has 9 heteroatoms. The van der Waals surface area contributed by atoms with E-state index in [4.69, 9.17) is 0 Å². The third-order valence-corrected chi connectivity index (χ3v) is 2.56. The fourth-order valence-electron chi connectivity index (χ4n) is 0.599. The number of carbonyl (C=O) groups excluding carboxylic acids is 1. The minimum atomic E-state index is -4.43. The van der Waals surface area contributed by atoms with Crippen molar-refractivity contribution in [3.8, 4) is 0 Å². The number of halogens is 3. The van der Waals surface area contributed by atoms with Gasteiger partial charge in [0.15, 0.2) is 0 Å². The molecule has 0 aliphatic rings. The van der Waals surface area contributed by atoms with Crippen molar-refractivity contribution in [1.29, 1.82) is 0 Å². The molecule has 0 saturated heterocycles. The van der Waals surface area contributed by atoms with E-state index < -0.39 is 35.2 Å². The lowest BCUT2D eigenvalue weighted by atomic mass is 10.5. The number of sulfonamides is 1. The van der Waals surface area contributed by atoms with Gasteiger partial charge in [-0.15, -0.1) is 0 Å². The molecule has 0 atom stereocenters. The Balaban J connectivity index is 3.88. The largest absolute Gasteiger partial charge is 0.401 e. The van der Waals surface area contributed by atoms with E-state index in [1.54, 1.807) is 10.0 Å². The molecule has 2 N–H and O–H groups in total. The van der Waals surface area contributed by atoms with Crippen LogP contribution in [0.5, 0.6) is 0 Å². The first kappa shape index (κ1) is 14.2. The van der Waals surface area contributed by atoms with E-state index in [-0.39, 0.29) is 5.75 Å². The maximum Gasteiger partial charge on any atom is 0.401 e. The number of rotatable bonds is 5. The number of amides is 1. The van der Waals surface area contributed by atoms with Crippen LogP contribution in [-0.2, 0) is 14.8 Å². The molecule has 0 aliphatic carbocycles. The van der Waals surface area contributed by atoms with Crippen LogP contribution in [0.25, 0.3) is 0 Å². The first-order chi connectivity index (χ1) is 6.66. The minimum absolute atomic E-state index is 0.308. The highest BCUT2D eigenvalue weighted by Crippen LogP contribution is 2.11. The Labute approximate surface area is 85.1 Å².